The van der Waals surface area contributed by atoms with Crippen molar-refractivity contribution in [2.24, 2.45) is 0 Å². The van der Waals surface area contributed by atoms with Gasteiger partial charge in [-0.2, -0.15) is 4.31 Å². The number of amides is 1. The number of carbonyl (C=O) groups excluding carboxylic acids is 1. The fourth-order valence-corrected chi connectivity index (χ4v) is 5.23. The molecule has 0 aliphatic carbocycles. The SMILES string of the molecule is COc1ccc2cc([C@H](C)C(=O)NCCS(=O)(=O)N3C[C@H](C)O[C@@H](C)C3)ccc2c1. The monoisotopic (exact) mass is 434 g/mol. The van der Waals surface area contributed by atoms with Gasteiger partial charge in [0.25, 0.3) is 0 Å². The minimum Gasteiger partial charge on any atom is -0.497 e. The zero-order valence-corrected chi connectivity index (χ0v) is 18.7. The molecular formula is C22H30N2O5S. The van der Waals surface area contributed by atoms with Crippen LogP contribution in [-0.4, -0.2) is 63.3 Å². The number of nitrogens with one attached hydrogen (secondary N) is 1. The van der Waals surface area contributed by atoms with Crippen LogP contribution >= 0.6 is 0 Å². The van der Waals surface area contributed by atoms with Gasteiger partial charge < -0.3 is 14.8 Å². The number of methoxy groups -OCH3 is 1. The second-order valence-electron chi connectivity index (χ2n) is 7.88. The zero-order chi connectivity index (χ0) is 21.9. The fourth-order valence-electron chi connectivity index (χ4n) is 3.73. The van der Waals surface area contributed by atoms with Gasteiger partial charge in [-0.15, -0.1) is 0 Å². The van der Waals surface area contributed by atoms with E-state index in [1.165, 1.54) is 4.31 Å². The van der Waals surface area contributed by atoms with Crippen LogP contribution in [0.15, 0.2) is 36.4 Å². The van der Waals surface area contributed by atoms with Crippen LogP contribution in [0.2, 0.25) is 0 Å². The molecule has 0 spiro atoms. The Morgan fingerprint density at radius 3 is 2.47 bits per heavy atom. The van der Waals surface area contributed by atoms with Crippen LogP contribution in [0.25, 0.3) is 10.8 Å². The predicted molar refractivity (Wildman–Crippen MR) is 117 cm³/mol. The lowest BCUT2D eigenvalue weighted by molar-refractivity contribution is -0.122. The topological polar surface area (TPSA) is 84.9 Å². The van der Waals surface area contributed by atoms with Crippen molar-refractivity contribution in [2.45, 2.75) is 38.9 Å². The number of sulfonamides is 1. The molecule has 2 aromatic carbocycles. The average molecular weight is 435 g/mol. The summed E-state index contributed by atoms with van der Waals surface area (Å²) in [5, 5.41) is 4.82. The van der Waals surface area contributed by atoms with E-state index in [4.69, 9.17) is 9.47 Å². The maximum atomic E-state index is 12.6. The van der Waals surface area contributed by atoms with Crippen LogP contribution in [0.5, 0.6) is 5.75 Å². The molecule has 0 unspecified atom stereocenters. The van der Waals surface area contributed by atoms with Gasteiger partial charge in [-0.25, -0.2) is 8.42 Å². The minimum atomic E-state index is -3.44. The Bertz CT molecular complexity index is 998. The molecule has 1 aliphatic rings. The molecule has 1 amide bonds. The number of hydrogen-bond acceptors (Lipinski definition) is 5. The van der Waals surface area contributed by atoms with Crippen molar-refractivity contribution >= 4 is 26.7 Å². The number of morpholine rings is 1. The molecule has 0 radical (unpaired) electrons. The molecule has 30 heavy (non-hydrogen) atoms. The number of rotatable bonds is 7. The van der Waals surface area contributed by atoms with E-state index in [-0.39, 0.29) is 36.3 Å². The second-order valence-corrected chi connectivity index (χ2v) is 9.96. The summed E-state index contributed by atoms with van der Waals surface area (Å²) in [4.78, 5) is 12.6. The summed E-state index contributed by atoms with van der Waals surface area (Å²) in [5.74, 6) is 0.0818. The van der Waals surface area contributed by atoms with Gasteiger partial charge in [0.15, 0.2) is 0 Å². The highest BCUT2D eigenvalue weighted by Crippen LogP contribution is 2.25. The quantitative estimate of drug-likeness (QED) is 0.724. The lowest BCUT2D eigenvalue weighted by atomic mass is 9.97. The van der Waals surface area contributed by atoms with Gasteiger partial charge in [-0.1, -0.05) is 24.3 Å². The first-order chi connectivity index (χ1) is 14.2. The zero-order valence-electron chi connectivity index (χ0n) is 17.9. The van der Waals surface area contributed by atoms with E-state index in [2.05, 4.69) is 5.32 Å². The van der Waals surface area contributed by atoms with E-state index in [0.29, 0.717) is 13.1 Å². The normalized spacial score (nSPS) is 21.3. The minimum absolute atomic E-state index is 0.0798. The summed E-state index contributed by atoms with van der Waals surface area (Å²) in [6.45, 7) is 6.32. The van der Waals surface area contributed by atoms with Crippen LogP contribution < -0.4 is 10.1 Å². The number of fused-ring (bicyclic) bond motifs is 1. The van der Waals surface area contributed by atoms with Crippen LogP contribution in [0.1, 0.15) is 32.3 Å². The Hall–Kier alpha value is -2.16. The molecule has 0 saturated carbocycles. The molecule has 3 rings (SSSR count). The van der Waals surface area contributed by atoms with Crippen LogP contribution in [0, 0.1) is 0 Å². The standard InChI is InChI=1S/C22H30N2O5S/c1-15-13-24(14-16(2)29-15)30(26,27)10-9-23-22(25)17(3)18-5-6-20-12-21(28-4)8-7-19(20)11-18/h5-8,11-12,15-17H,9-10,13-14H2,1-4H3,(H,23,25)/t15-,16-,17-/m0/s1. The summed E-state index contributed by atoms with van der Waals surface area (Å²) in [5.41, 5.74) is 0.879. The molecule has 1 N–H and O–H groups in total. The summed E-state index contributed by atoms with van der Waals surface area (Å²) in [6, 6.07) is 11.6. The van der Waals surface area contributed by atoms with Crippen molar-refractivity contribution in [2.75, 3.05) is 32.5 Å². The molecule has 1 saturated heterocycles. The molecule has 0 bridgehead atoms. The van der Waals surface area contributed by atoms with Gasteiger partial charge in [-0.3, -0.25) is 4.79 Å². The molecule has 7 nitrogen and oxygen atoms in total. The highest BCUT2D eigenvalue weighted by Gasteiger charge is 2.30. The van der Waals surface area contributed by atoms with Crippen LogP contribution in [0.4, 0.5) is 0 Å². The van der Waals surface area contributed by atoms with Crippen molar-refractivity contribution in [1.29, 1.82) is 0 Å². The first-order valence-electron chi connectivity index (χ1n) is 10.2. The smallest absolute Gasteiger partial charge is 0.227 e. The summed E-state index contributed by atoms with van der Waals surface area (Å²) in [6.07, 6.45) is -0.267. The number of hydrogen-bond donors (Lipinski definition) is 1. The van der Waals surface area contributed by atoms with E-state index in [1.54, 1.807) is 7.11 Å². The van der Waals surface area contributed by atoms with Crippen molar-refractivity contribution in [3.8, 4) is 5.75 Å². The number of benzene rings is 2. The van der Waals surface area contributed by atoms with Gasteiger partial charge in [0.2, 0.25) is 15.9 Å². The van der Waals surface area contributed by atoms with Gasteiger partial charge in [0.05, 0.1) is 31.0 Å². The Morgan fingerprint density at radius 1 is 1.17 bits per heavy atom. The second kappa shape index (κ2) is 9.32. The molecule has 3 atom stereocenters. The van der Waals surface area contributed by atoms with Gasteiger partial charge in [-0.05, 0) is 49.2 Å². The number of ether oxygens (including phenoxy) is 2. The third kappa shape index (κ3) is 5.30. The molecule has 1 aliphatic heterocycles. The Balaban J connectivity index is 1.58. The van der Waals surface area contributed by atoms with E-state index >= 15 is 0 Å². The van der Waals surface area contributed by atoms with E-state index in [1.807, 2.05) is 57.2 Å². The van der Waals surface area contributed by atoms with Crippen molar-refractivity contribution in [3.05, 3.63) is 42.0 Å². The molecule has 8 heteroatoms. The Labute approximate surface area is 178 Å². The van der Waals surface area contributed by atoms with Crippen molar-refractivity contribution in [1.82, 2.24) is 9.62 Å². The first kappa shape index (κ1) is 22.5. The molecule has 1 fully saturated rings. The Kier molecular flexibility index (Phi) is 7.00. The first-order valence-corrected chi connectivity index (χ1v) is 11.8. The fraction of sp³-hybridized carbons (Fsp3) is 0.500. The Morgan fingerprint density at radius 2 is 1.80 bits per heavy atom. The predicted octanol–water partition coefficient (Wildman–Crippen LogP) is 2.51. The van der Waals surface area contributed by atoms with E-state index < -0.39 is 10.0 Å². The van der Waals surface area contributed by atoms with E-state index in [9.17, 15) is 13.2 Å². The molecular weight excluding hydrogens is 404 g/mol. The summed E-state index contributed by atoms with van der Waals surface area (Å²) in [7, 11) is -1.82. The van der Waals surface area contributed by atoms with E-state index in [0.717, 1.165) is 22.1 Å². The van der Waals surface area contributed by atoms with Gasteiger partial charge >= 0.3 is 0 Å². The van der Waals surface area contributed by atoms with Crippen LogP contribution in [0.3, 0.4) is 0 Å². The highest BCUT2D eigenvalue weighted by atomic mass is 32.2. The van der Waals surface area contributed by atoms with Crippen molar-refractivity contribution < 1.29 is 22.7 Å². The molecule has 2 aromatic rings. The summed E-state index contributed by atoms with van der Waals surface area (Å²) >= 11 is 0. The maximum absolute atomic E-state index is 12.6. The highest BCUT2D eigenvalue weighted by molar-refractivity contribution is 7.89. The lowest BCUT2D eigenvalue weighted by Gasteiger charge is -2.34. The van der Waals surface area contributed by atoms with Crippen molar-refractivity contribution in [3.63, 3.8) is 0 Å². The number of carbonyl (C=O) groups is 1. The maximum Gasteiger partial charge on any atom is 0.227 e. The van der Waals surface area contributed by atoms with Gasteiger partial charge in [0.1, 0.15) is 5.75 Å². The third-order valence-electron chi connectivity index (χ3n) is 5.40. The number of nitrogens with zero attached hydrogens (tertiary/aromatic N) is 1. The lowest BCUT2D eigenvalue weighted by Crippen LogP contribution is -2.49. The largest absolute Gasteiger partial charge is 0.497 e. The molecule has 0 aromatic heterocycles. The van der Waals surface area contributed by atoms with Gasteiger partial charge in [0, 0.05) is 19.6 Å². The summed E-state index contributed by atoms with van der Waals surface area (Å²) < 4.78 is 37.5. The third-order valence-corrected chi connectivity index (χ3v) is 7.21. The molecule has 1 heterocycles. The molecule has 164 valence electrons. The average Bonchev–Trinajstić information content (AvgIpc) is 2.71. The van der Waals surface area contributed by atoms with Crippen LogP contribution in [-0.2, 0) is 19.6 Å².